The number of aromatic nitrogens is 3. The van der Waals surface area contributed by atoms with Crippen LogP contribution in [0.5, 0.6) is 5.75 Å². The number of carboxylic acids is 1. The zero-order valence-corrected chi connectivity index (χ0v) is 27.9. The largest absolute Gasteiger partial charge is 0.489 e. The lowest BCUT2D eigenvalue weighted by molar-refractivity contribution is -0.780. The highest BCUT2D eigenvalue weighted by Crippen LogP contribution is 2.40. The number of aryl methyl sites for hydroxylation is 1. The molecule has 0 saturated carbocycles. The van der Waals surface area contributed by atoms with E-state index in [2.05, 4.69) is 19.7 Å². The number of benzene rings is 1. The summed E-state index contributed by atoms with van der Waals surface area (Å²) in [4.78, 5) is 59.6. The fraction of sp³-hybridized carbons (Fsp3) is 0.464. The summed E-state index contributed by atoms with van der Waals surface area (Å²) >= 11 is 0.980. The zero-order chi connectivity index (χ0) is 35.2. The first-order valence-corrected chi connectivity index (χ1v) is 16.7. The summed E-state index contributed by atoms with van der Waals surface area (Å²) in [6, 6.07) is 5.16. The fourth-order valence-electron chi connectivity index (χ4n) is 5.49. The molecule has 48 heavy (non-hydrogen) atoms. The van der Waals surface area contributed by atoms with E-state index >= 15 is 0 Å². The molecule has 5 rings (SSSR count). The molecule has 20 heteroatoms. The number of nitrogens with two attached hydrogens (primary N) is 1. The molecule has 258 valence electrons. The van der Waals surface area contributed by atoms with E-state index in [-0.39, 0.29) is 16.6 Å². The number of carboxylic acid groups (broad SMARTS) is 1. The van der Waals surface area contributed by atoms with Crippen molar-refractivity contribution in [1.82, 2.24) is 20.0 Å². The van der Waals surface area contributed by atoms with E-state index in [9.17, 15) is 32.7 Å². The van der Waals surface area contributed by atoms with Crippen LogP contribution in [0, 0.1) is 11.3 Å². The fourth-order valence-corrected chi connectivity index (χ4v) is 6.49. The molecule has 2 aromatic heterocycles. The Hall–Kier alpha value is -4.50. The number of nitrogens with one attached hydrogen (secondary N) is 1. The SMILES string of the molecule is CC(=O)C1(C[n+]2cc3cc(OC[C@H](O/N=C(\C(=O)C[C@@H]4C(=O)N(OS(=O)(=O)O)C4(C)C)c4csc(N)n4)C(=O)O)ccc3n2C)CNC1. The number of ether oxygens (including phenoxy) is 1. The second kappa shape index (κ2) is 12.8. The third kappa shape index (κ3) is 6.88. The molecule has 0 spiro atoms. The summed E-state index contributed by atoms with van der Waals surface area (Å²) in [6.07, 6.45) is -0.311. The second-order valence-electron chi connectivity index (χ2n) is 12.1. The van der Waals surface area contributed by atoms with Gasteiger partial charge >= 0.3 is 16.4 Å². The van der Waals surface area contributed by atoms with Crippen molar-refractivity contribution in [1.29, 1.82) is 0 Å². The second-order valence-corrected chi connectivity index (χ2v) is 14.0. The van der Waals surface area contributed by atoms with Gasteiger partial charge in [-0.15, -0.1) is 20.3 Å². The lowest BCUT2D eigenvalue weighted by Gasteiger charge is -2.50. The maximum Gasteiger partial charge on any atom is 0.418 e. The number of fused-ring (bicyclic) bond motifs is 1. The number of carbonyl (C=O) groups excluding carboxylic acids is 3. The number of ketones is 2. The quantitative estimate of drug-likeness (QED) is 0.0528. The van der Waals surface area contributed by atoms with Crippen LogP contribution in [0.4, 0.5) is 5.13 Å². The molecule has 2 saturated heterocycles. The van der Waals surface area contributed by atoms with Crippen LogP contribution in [-0.2, 0) is 52.3 Å². The third-order valence-electron chi connectivity index (χ3n) is 8.57. The van der Waals surface area contributed by atoms with Gasteiger partial charge in [-0.3, -0.25) is 18.9 Å². The van der Waals surface area contributed by atoms with Crippen molar-refractivity contribution >= 4 is 66.9 Å². The summed E-state index contributed by atoms with van der Waals surface area (Å²) in [7, 11) is -3.13. The van der Waals surface area contributed by atoms with Gasteiger partial charge in [-0.1, -0.05) is 5.16 Å². The van der Waals surface area contributed by atoms with E-state index in [1.54, 1.807) is 25.1 Å². The topological polar surface area (TPSA) is 246 Å². The highest BCUT2D eigenvalue weighted by Gasteiger charge is 2.57. The molecule has 1 aromatic carbocycles. The molecule has 2 fully saturated rings. The van der Waals surface area contributed by atoms with E-state index < -0.39 is 69.8 Å². The number of β-lactam (4-membered cyclic amide) rings is 1. The number of amides is 1. The van der Waals surface area contributed by atoms with E-state index in [1.165, 1.54) is 19.2 Å². The standard InChI is InChI=1S/C28H33N7O11S2/c1-15(36)28(12-30-13-28)14-34-9-16-7-17(5-6-20(16)33(34)4)44-10-22(25(39)40)45-32-23(19-11-47-26(29)31-19)21(37)8-18-24(38)35(27(18,2)3)46-48(41,42)43/h5-7,9,11,18,22,30H,8,10,12-14H2,1-4H3,(H3-,29,31,39,40,41,42,43)/p+1/b32-23-/t18-,22+/m1/s1. The van der Waals surface area contributed by atoms with Crippen LogP contribution in [0.3, 0.4) is 0 Å². The summed E-state index contributed by atoms with van der Waals surface area (Å²) < 4.78 is 45.2. The van der Waals surface area contributed by atoms with Crippen LogP contribution in [0.2, 0.25) is 0 Å². The normalized spacial score (nSPS) is 19.4. The maximum atomic E-state index is 13.4. The number of carbonyl (C=O) groups is 4. The Kier molecular flexibility index (Phi) is 9.32. The van der Waals surface area contributed by atoms with Gasteiger partial charge in [0.25, 0.3) is 12.0 Å². The zero-order valence-electron chi connectivity index (χ0n) is 26.3. The number of anilines is 1. The molecule has 2 atom stereocenters. The minimum absolute atomic E-state index is 0.0322. The van der Waals surface area contributed by atoms with E-state index in [0.717, 1.165) is 22.2 Å². The summed E-state index contributed by atoms with van der Waals surface area (Å²) in [5.74, 6) is -3.77. The van der Waals surface area contributed by atoms with Gasteiger partial charge in [-0.25, -0.2) is 9.78 Å². The number of oxime groups is 1. The molecule has 0 aliphatic carbocycles. The van der Waals surface area contributed by atoms with Crippen LogP contribution < -0.4 is 20.5 Å². The van der Waals surface area contributed by atoms with Crippen molar-refractivity contribution < 1.29 is 55.8 Å². The van der Waals surface area contributed by atoms with Gasteiger partial charge in [0.2, 0.25) is 6.20 Å². The van der Waals surface area contributed by atoms with Gasteiger partial charge in [0.15, 0.2) is 23.2 Å². The third-order valence-corrected chi connectivity index (χ3v) is 9.58. The summed E-state index contributed by atoms with van der Waals surface area (Å²) in [6.45, 7) is 5.59. The first-order valence-electron chi connectivity index (χ1n) is 14.5. The minimum Gasteiger partial charge on any atom is -0.489 e. The van der Waals surface area contributed by atoms with Crippen LogP contribution in [0.15, 0.2) is 34.9 Å². The van der Waals surface area contributed by atoms with Crippen molar-refractivity contribution in [2.24, 2.45) is 23.5 Å². The first kappa shape index (κ1) is 34.8. The lowest BCUT2D eigenvalue weighted by atomic mass is 9.74. The smallest absolute Gasteiger partial charge is 0.418 e. The average molecular weight is 709 g/mol. The van der Waals surface area contributed by atoms with Crippen molar-refractivity contribution in [3.63, 3.8) is 0 Å². The van der Waals surface area contributed by atoms with Crippen molar-refractivity contribution in [3.05, 3.63) is 35.5 Å². The first-order chi connectivity index (χ1) is 22.4. The highest BCUT2D eigenvalue weighted by molar-refractivity contribution is 7.80. The van der Waals surface area contributed by atoms with Crippen molar-refractivity contribution in [2.45, 2.75) is 45.4 Å². The van der Waals surface area contributed by atoms with E-state index in [4.69, 9.17) is 19.9 Å². The van der Waals surface area contributed by atoms with E-state index in [0.29, 0.717) is 30.4 Å². The lowest BCUT2D eigenvalue weighted by Crippen LogP contribution is -2.68. The minimum atomic E-state index is -5.00. The molecule has 0 unspecified atom stereocenters. The number of Topliss-reactive ketones (excluding diaryl/α,β-unsaturated/α-hetero) is 2. The highest BCUT2D eigenvalue weighted by atomic mass is 32.3. The Bertz CT molecular complexity index is 1930. The Morgan fingerprint density at radius 2 is 2.00 bits per heavy atom. The monoisotopic (exact) mass is 708 g/mol. The predicted octanol–water partition coefficient (Wildman–Crippen LogP) is -0.133. The van der Waals surface area contributed by atoms with E-state index in [1.807, 2.05) is 22.6 Å². The molecule has 2 aliphatic heterocycles. The Labute approximate surface area is 277 Å². The number of rotatable bonds is 15. The Morgan fingerprint density at radius 3 is 2.54 bits per heavy atom. The van der Waals surface area contributed by atoms with Crippen LogP contribution in [-0.4, -0.2) is 93.3 Å². The molecule has 5 N–H and O–H groups in total. The number of hydrogen-bond acceptors (Lipinski definition) is 14. The van der Waals surface area contributed by atoms with Gasteiger partial charge < -0.3 is 25.7 Å². The number of aliphatic carboxylic acids is 1. The molecule has 2 aliphatic rings. The average Bonchev–Trinajstić information content (AvgIpc) is 3.54. The molecular weight excluding hydrogens is 674 g/mol. The van der Waals surface area contributed by atoms with Crippen molar-refractivity contribution in [3.8, 4) is 5.75 Å². The number of nitrogens with zero attached hydrogens (tertiary/aromatic N) is 5. The summed E-state index contributed by atoms with van der Waals surface area (Å²) in [5, 5.41) is 19.5. The van der Waals surface area contributed by atoms with Gasteiger partial charge in [-0.05, 0) is 39.0 Å². The van der Waals surface area contributed by atoms with Crippen LogP contribution in [0.25, 0.3) is 10.9 Å². The number of thiazole rings is 1. The van der Waals surface area contributed by atoms with Gasteiger partial charge in [0.1, 0.15) is 34.8 Å². The Balaban J connectivity index is 1.30. The van der Waals surface area contributed by atoms with Crippen LogP contribution in [0.1, 0.15) is 32.9 Å². The number of hydroxylamine groups is 2. The molecule has 3 aromatic rings. The Morgan fingerprint density at radius 1 is 1.29 bits per heavy atom. The molecule has 4 heterocycles. The maximum absolute atomic E-state index is 13.4. The number of nitrogen functional groups attached to an aromatic ring is 1. The molecule has 1 amide bonds. The molecule has 0 radical (unpaired) electrons. The number of hydrogen-bond donors (Lipinski definition) is 4. The summed E-state index contributed by atoms with van der Waals surface area (Å²) in [5.41, 5.74) is 4.32. The predicted molar refractivity (Wildman–Crippen MR) is 167 cm³/mol. The van der Waals surface area contributed by atoms with Gasteiger partial charge in [0.05, 0.1) is 23.9 Å². The molecule has 0 bridgehead atoms. The van der Waals surface area contributed by atoms with Crippen molar-refractivity contribution in [2.75, 3.05) is 25.4 Å². The van der Waals surface area contributed by atoms with Gasteiger partial charge in [-0.2, -0.15) is 18.2 Å². The molecular formula is C28H34N7O11S2+. The van der Waals surface area contributed by atoms with Gasteiger partial charge in [0, 0.05) is 24.9 Å². The molecule has 18 nitrogen and oxygen atoms in total. The van der Waals surface area contributed by atoms with Crippen LogP contribution >= 0.6 is 11.3 Å².